The molecule has 0 spiro atoms. The van der Waals surface area contributed by atoms with E-state index in [-0.39, 0.29) is 23.6 Å². The van der Waals surface area contributed by atoms with E-state index in [9.17, 15) is 8.42 Å². The molecule has 0 saturated carbocycles. The van der Waals surface area contributed by atoms with Crippen LogP contribution in [-0.4, -0.2) is 26.0 Å². The van der Waals surface area contributed by atoms with Gasteiger partial charge in [0.15, 0.2) is 9.84 Å². The van der Waals surface area contributed by atoms with Gasteiger partial charge in [0.05, 0.1) is 5.75 Å². The molecule has 3 nitrogen and oxygen atoms in total. The van der Waals surface area contributed by atoms with Crippen LogP contribution < -0.4 is 5.32 Å². The fraction of sp³-hybridized carbons (Fsp3) is 0.538. The van der Waals surface area contributed by atoms with Crippen molar-refractivity contribution in [3.63, 3.8) is 0 Å². The minimum atomic E-state index is -2.94. The molecule has 0 radical (unpaired) electrons. The lowest BCUT2D eigenvalue weighted by atomic mass is 10.1. The minimum Gasteiger partial charge on any atom is -0.307 e. The molecule has 0 aromatic heterocycles. The predicted octanol–water partition coefficient (Wildman–Crippen LogP) is 2.81. The van der Waals surface area contributed by atoms with E-state index in [0.29, 0.717) is 5.02 Å². The van der Waals surface area contributed by atoms with Gasteiger partial charge < -0.3 is 5.32 Å². The molecule has 0 aliphatic carbocycles. The largest absolute Gasteiger partial charge is 0.307 e. The van der Waals surface area contributed by atoms with E-state index < -0.39 is 9.84 Å². The number of hydrogen-bond donors (Lipinski definition) is 1. The minimum absolute atomic E-state index is 0.0748. The lowest BCUT2D eigenvalue weighted by Crippen LogP contribution is -2.35. The van der Waals surface area contributed by atoms with Crippen LogP contribution in [0.5, 0.6) is 0 Å². The van der Waals surface area contributed by atoms with Gasteiger partial charge in [-0.25, -0.2) is 8.42 Å². The Hall–Kier alpha value is -0.580. The van der Waals surface area contributed by atoms with Gasteiger partial charge in [0.2, 0.25) is 0 Å². The summed E-state index contributed by atoms with van der Waals surface area (Å²) in [6, 6.07) is 7.58. The topological polar surface area (TPSA) is 46.2 Å². The van der Waals surface area contributed by atoms with Crippen molar-refractivity contribution in [2.75, 3.05) is 11.5 Å². The SMILES string of the molecule is CCS(=O)(=O)CC(C)NC(C)c1cccc(Cl)c1. The van der Waals surface area contributed by atoms with Crippen molar-refractivity contribution in [1.82, 2.24) is 5.32 Å². The highest BCUT2D eigenvalue weighted by atomic mass is 35.5. The summed E-state index contributed by atoms with van der Waals surface area (Å²) in [5, 5.41) is 3.97. The summed E-state index contributed by atoms with van der Waals surface area (Å²) in [4.78, 5) is 0. The van der Waals surface area contributed by atoms with Crippen molar-refractivity contribution in [3.05, 3.63) is 34.9 Å². The highest BCUT2D eigenvalue weighted by molar-refractivity contribution is 7.91. The average molecular weight is 290 g/mol. The fourth-order valence-corrected chi connectivity index (χ4v) is 3.14. The van der Waals surface area contributed by atoms with E-state index in [2.05, 4.69) is 5.32 Å². The summed E-state index contributed by atoms with van der Waals surface area (Å²) >= 11 is 5.93. The first-order chi connectivity index (χ1) is 8.34. The Labute approximate surface area is 114 Å². The summed E-state index contributed by atoms with van der Waals surface area (Å²) in [5.41, 5.74) is 1.06. The zero-order chi connectivity index (χ0) is 13.8. The number of nitrogens with one attached hydrogen (secondary N) is 1. The molecular formula is C13H20ClNO2S. The van der Waals surface area contributed by atoms with Crippen molar-refractivity contribution in [2.24, 2.45) is 0 Å². The molecule has 2 unspecified atom stereocenters. The second-order valence-electron chi connectivity index (χ2n) is 4.54. The summed E-state index contributed by atoms with van der Waals surface area (Å²) in [6.45, 7) is 5.55. The summed E-state index contributed by atoms with van der Waals surface area (Å²) in [7, 11) is -2.94. The first-order valence-electron chi connectivity index (χ1n) is 6.06. The molecule has 0 fully saturated rings. The molecule has 0 bridgehead atoms. The van der Waals surface area contributed by atoms with Crippen molar-refractivity contribution >= 4 is 21.4 Å². The van der Waals surface area contributed by atoms with Crippen molar-refractivity contribution < 1.29 is 8.42 Å². The maximum atomic E-state index is 11.5. The van der Waals surface area contributed by atoms with Crippen molar-refractivity contribution in [1.29, 1.82) is 0 Å². The fourth-order valence-electron chi connectivity index (χ4n) is 1.85. The van der Waals surface area contributed by atoms with Crippen LogP contribution in [0, 0.1) is 0 Å². The van der Waals surface area contributed by atoms with Crippen LogP contribution >= 0.6 is 11.6 Å². The number of benzene rings is 1. The normalized spacial score (nSPS) is 15.3. The molecule has 18 heavy (non-hydrogen) atoms. The quantitative estimate of drug-likeness (QED) is 0.876. The molecular weight excluding hydrogens is 270 g/mol. The number of rotatable bonds is 6. The zero-order valence-electron chi connectivity index (χ0n) is 11.0. The number of halogens is 1. The van der Waals surface area contributed by atoms with Crippen LogP contribution in [0.15, 0.2) is 24.3 Å². The third-order valence-electron chi connectivity index (χ3n) is 2.83. The van der Waals surface area contributed by atoms with Crippen LogP contribution in [0.4, 0.5) is 0 Å². The molecule has 0 amide bonds. The van der Waals surface area contributed by atoms with Crippen molar-refractivity contribution in [2.45, 2.75) is 32.9 Å². The standard InChI is InChI=1S/C13H20ClNO2S/c1-4-18(16,17)9-10(2)15-11(3)12-6-5-7-13(14)8-12/h5-8,10-11,15H,4,9H2,1-3H3. The molecule has 1 N–H and O–H groups in total. The molecule has 1 aromatic rings. The van der Waals surface area contributed by atoms with Gasteiger partial charge in [-0.1, -0.05) is 30.7 Å². The number of sulfone groups is 1. The average Bonchev–Trinajstić information content (AvgIpc) is 2.28. The Morgan fingerprint density at radius 2 is 2.00 bits per heavy atom. The monoisotopic (exact) mass is 289 g/mol. The van der Waals surface area contributed by atoms with E-state index in [1.165, 1.54) is 0 Å². The zero-order valence-corrected chi connectivity index (χ0v) is 12.6. The molecule has 2 atom stereocenters. The smallest absolute Gasteiger partial charge is 0.151 e. The van der Waals surface area contributed by atoms with Gasteiger partial charge in [-0.3, -0.25) is 0 Å². The maximum absolute atomic E-state index is 11.5. The Morgan fingerprint density at radius 1 is 1.33 bits per heavy atom. The Morgan fingerprint density at radius 3 is 2.56 bits per heavy atom. The number of hydrogen-bond acceptors (Lipinski definition) is 3. The lowest BCUT2D eigenvalue weighted by molar-refractivity contribution is 0.500. The van der Waals surface area contributed by atoms with Gasteiger partial charge in [-0.2, -0.15) is 0 Å². The molecule has 5 heteroatoms. The lowest BCUT2D eigenvalue weighted by Gasteiger charge is -2.20. The van der Waals surface area contributed by atoms with E-state index in [0.717, 1.165) is 5.56 Å². The molecule has 1 aromatic carbocycles. The van der Waals surface area contributed by atoms with Crippen molar-refractivity contribution in [3.8, 4) is 0 Å². The highest BCUT2D eigenvalue weighted by Crippen LogP contribution is 2.17. The van der Waals surface area contributed by atoms with Crippen LogP contribution in [0.2, 0.25) is 5.02 Å². The van der Waals surface area contributed by atoms with Gasteiger partial charge in [0, 0.05) is 22.9 Å². The van der Waals surface area contributed by atoms with Gasteiger partial charge >= 0.3 is 0 Å². The first kappa shape index (κ1) is 15.5. The summed E-state index contributed by atoms with van der Waals surface area (Å²) in [5.74, 6) is 0.346. The molecule has 0 aliphatic rings. The maximum Gasteiger partial charge on any atom is 0.151 e. The molecule has 0 heterocycles. The first-order valence-corrected chi connectivity index (χ1v) is 8.26. The Balaban J connectivity index is 2.62. The Bertz CT molecular complexity index is 488. The molecule has 102 valence electrons. The van der Waals surface area contributed by atoms with E-state index in [1.54, 1.807) is 6.92 Å². The third kappa shape index (κ3) is 4.96. The summed E-state index contributed by atoms with van der Waals surface area (Å²) in [6.07, 6.45) is 0. The van der Waals surface area contributed by atoms with Crippen LogP contribution in [0.3, 0.4) is 0 Å². The summed E-state index contributed by atoms with van der Waals surface area (Å²) < 4.78 is 23.0. The second-order valence-corrected chi connectivity index (χ2v) is 7.38. The second kappa shape index (κ2) is 6.55. The highest BCUT2D eigenvalue weighted by Gasteiger charge is 2.16. The Kier molecular flexibility index (Phi) is 5.63. The van der Waals surface area contributed by atoms with Crippen LogP contribution in [0.25, 0.3) is 0 Å². The van der Waals surface area contributed by atoms with Gasteiger partial charge in [-0.15, -0.1) is 0 Å². The third-order valence-corrected chi connectivity index (χ3v) is 4.95. The van der Waals surface area contributed by atoms with E-state index in [4.69, 9.17) is 11.6 Å². The van der Waals surface area contributed by atoms with Crippen LogP contribution in [-0.2, 0) is 9.84 Å². The van der Waals surface area contributed by atoms with Gasteiger partial charge in [-0.05, 0) is 31.5 Å². The molecule has 0 saturated heterocycles. The van der Waals surface area contributed by atoms with Gasteiger partial charge in [0.1, 0.15) is 0 Å². The van der Waals surface area contributed by atoms with Crippen LogP contribution in [0.1, 0.15) is 32.4 Å². The molecule has 0 aliphatic heterocycles. The predicted molar refractivity (Wildman–Crippen MR) is 76.8 cm³/mol. The van der Waals surface area contributed by atoms with E-state index >= 15 is 0 Å². The van der Waals surface area contributed by atoms with Gasteiger partial charge in [0.25, 0.3) is 0 Å². The molecule has 1 rings (SSSR count). The van der Waals surface area contributed by atoms with E-state index in [1.807, 2.05) is 38.1 Å².